The Morgan fingerprint density at radius 1 is 1.25 bits per heavy atom. The van der Waals surface area contributed by atoms with Crippen molar-refractivity contribution in [1.82, 2.24) is 19.5 Å². The van der Waals surface area contributed by atoms with Crippen molar-refractivity contribution in [3.05, 3.63) is 42.6 Å². The van der Waals surface area contributed by atoms with E-state index in [1.165, 1.54) is 0 Å². The third kappa shape index (κ3) is 2.01. The number of nitrogens with zero attached hydrogens (tertiary/aromatic N) is 5. The molecule has 0 fully saturated rings. The highest BCUT2D eigenvalue weighted by Gasteiger charge is 2.11. The smallest absolute Gasteiger partial charge is 0.134 e. The van der Waals surface area contributed by atoms with Gasteiger partial charge < -0.3 is 9.47 Å². The lowest BCUT2D eigenvalue weighted by atomic mass is 10.2. The molecule has 0 atom stereocenters. The van der Waals surface area contributed by atoms with Crippen LogP contribution < -0.4 is 4.90 Å². The Morgan fingerprint density at radius 3 is 2.90 bits per heavy atom. The topological polar surface area (TPSA) is 46.8 Å². The SMILES string of the molecule is CCc1ncccc1N(C)c1cc2c(cn1)ncn2C. The summed E-state index contributed by atoms with van der Waals surface area (Å²) in [5.74, 6) is 0.892. The molecule has 102 valence electrons. The van der Waals surface area contributed by atoms with Gasteiger partial charge in [0, 0.05) is 26.4 Å². The van der Waals surface area contributed by atoms with Gasteiger partial charge in [-0.05, 0) is 18.6 Å². The molecule has 0 spiro atoms. The first kappa shape index (κ1) is 12.6. The fourth-order valence-electron chi connectivity index (χ4n) is 2.33. The number of fused-ring (bicyclic) bond motifs is 1. The van der Waals surface area contributed by atoms with Crippen LogP contribution in [0, 0.1) is 0 Å². The second-order valence-corrected chi connectivity index (χ2v) is 4.77. The zero-order valence-corrected chi connectivity index (χ0v) is 11.9. The standard InChI is InChI=1S/C15H17N5/c1-4-11-13(6-5-7-16-11)20(3)15-8-14-12(9-17-15)18-10-19(14)2/h5-10H,4H2,1-3H3. The van der Waals surface area contributed by atoms with Crippen molar-refractivity contribution < 1.29 is 0 Å². The van der Waals surface area contributed by atoms with Crippen molar-refractivity contribution in [2.45, 2.75) is 13.3 Å². The van der Waals surface area contributed by atoms with Crippen molar-refractivity contribution in [3.8, 4) is 0 Å². The molecule has 5 heteroatoms. The number of hydrogen-bond acceptors (Lipinski definition) is 4. The van der Waals surface area contributed by atoms with E-state index in [1.807, 2.05) is 37.1 Å². The summed E-state index contributed by atoms with van der Waals surface area (Å²) < 4.78 is 2.00. The zero-order chi connectivity index (χ0) is 14.1. The van der Waals surface area contributed by atoms with Gasteiger partial charge >= 0.3 is 0 Å². The Hall–Kier alpha value is -2.43. The largest absolute Gasteiger partial charge is 0.334 e. The van der Waals surface area contributed by atoms with Crippen LogP contribution in [-0.4, -0.2) is 26.6 Å². The number of rotatable bonds is 3. The van der Waals surface area contributed by atoms with Crippen LogP contribution >= 0.6 is 0 Å². The Balaban J connectivity index is 2.07. The van der Waals surface area contributed by atoms with Crippen molar-refractivity contribution >= 4 is 22.5 Å². The predicted molar refractivity (Wildman–Crippen MR) is 80.2 cm³/mol. The van der Waals surface area contributed by atoms with Gasteiger partial charge in [-0.3, -0.25) is 4.98 Å². The van der Waals surface area contributed by atoms with Crippen LogP contribution in [-0.2, 0) is 13.5 Å². The molecular weight excluding hydrogens is 250 g/mol. The van der Waals surface area contributed by atoms with Crippen LogP contribution in [0.25, 0.3) is 11.0 Å². The number of aryl methyl sites for hydroxylation is 2. The second kappa shape index (κ2) is 4.92. The maximum Gasteiger partial charge on any atom is 0.134 e. The lowest BCUT2D eigenvalue weighted by Crippen LogP contribution is -2.13. The normalized spacial score (nSPS) is 10.9. The van der Waals surface area contributed by atoms with Crippen LogP contribution in [0.15, 0.2) is 36.9 Å². The van der Waals surface area contributed by atoms with Gasteiger partial charge in [0.05, 0.1) is 29.4 Å². The van der Waals surface area contributed by atoms with E-state index in [9.17, 15) is 0 Å². The van der Waals surface area contributed by atoms with E-state index in [-0.39, 0.29) is 0 Å². The molecule has 0 aliphatic carbocycles. The first-order valence-electron chi connectivity index (χ1n) is 6.65. The molecule has 0 saturated carbocycles. The van der Waals surface area contributed by atoms with E-state index in [0.29, 0.717) is 0 Å². The molecule has 0 saturated heterocycles. The lowest BCUT2D eigenvalue weighted by molar-refractivity contribution is 0.946. The lowest BCUT2D eigenvalue weighted by Gasteiger charge is -2.20. The molecule has 3 rings (SSSR count). The molecule has 20 heavy (non-hydrogen) atoms. The highest BCUT2D eigenvalue weighted by Crippen LogP contribution is 2.26. The Bertz CT molecular complexity index is 747. The van der Waals surface area contributed by atoms with Gasteiger partial charge in [-0.1, -0.05) is 6.92 Å². The summed E-state index contributed by atoms with van der Waals surface area (Å²) in [6, 6.07) is 6.07. The highest BCUT2D eigenvalue weighted by atomic mass is 15.2. The summed E-state index contributed by atoms with van der Waals surface area (Å²) in [7, 11) is 4.00. The van der Waals surface area contributed by atoms with Crippen LogP contribution in [0.1, 0.15) is 12.6 Å². The van der Waals surface area contributed by atoms with Crippen LogP contribution in [0.4, 0.5) is 11.5 Å². The molecule has 0 N–H and O–H groups in total. The van der Waals surface area contributed by atoms with Crippen molar-refractivity contribution in [2.24, 2.45) is 7.05 Å². The van der Waals surface area contributed by atoms with Gasteiger partial charge in [0.1, 0.15) is 11.3 Å². The first-order valence-corrected chi connectivity index (χ1v) is 6.65. The van der Waals surface area contributed by atoms with E-state index >= 15 is 0 Å². The minimum absolute atomic E-state index is 0.892. The molecule has 0 radical (unpaired) electrons. The van der Waals surface area contributed by atoms with Gasteiger partial charge in [-0.25, -0.2) is 9.97 Å². The Morgan fingerprint density at radius 2 is 2.10 bits per heavy atom. The van der Waals surface area contributed by atoms with Crippen LogP contribution in [0.3, 0.4) is 0 Å². The number of hydrogen-bond donors (Lipinski definition) is 0. The maximum atomic E-state index is 4.49. The number of imidazole rings is 1. The Kier molecular flexibility index (Phi) is 3.10. The van der Waals surface area contributed by atoms with Gasteiger partial charge in [0.2, 0.25) is 0 Å². The van der Waals surface area contributed by atoms with E-state index in [2.05, 4.69) is 38.9 Å². The summed E-state index contributed by atoms with van der Waals surface area (Å²) in [5.41, 5.74) is 4.14. The average Bonchev–Trinajstić information content (AvgIpc) is 2.87. The third-order valence-electron chi connectivity index (χ3n) is 3.50. The molecule has 0 unspecified atom stereocenters. The zero-order valence-electron chi connectivity index (χ0n) is 11.9. The average molecular weight is 267 g/mol. The number of anilines is 2. The van der Waals surface area contributed by atoms with E-state index < -0.39 is 0 Å². The molecule has 5 nitrogen and oxygen atoms in total. The molecule has 3 aromatic heterocycles. The molecule has 0 amide bonds. The van der Waals surface area contributed by atoms with Crippen molar-refractivity contribution in [2.75, 3.05) is 11.9 Å². The molecule has 0 aliphatic rings. The van der Waals surface area contributed by atoms with E-state index in [1.54, 1.807) is 6.33 Å². The van der Waals surface area contributed by atoms with Gasteiger partial charge in [-0.15, -0.1) is 0 Å². The van der Waals surface area contributed by atoms with Crippen LogP contribution in [0.5, 0.6) is 0 Å². The molecule has 3 heterocycles. The van der Waals surface area contributed by atoms with E-state index in [4.69, 9.17) is 0 Å². The first-order chi connectivity index (χ1) is 9.70. The van der Waals surface area contributed by atoms with Gasteiger partial charge in [0.25, 0.3) is 0 Å². The fraction of sp³-hybridized carbons (Fsp3) is 0.267. The van der Waals surface area contributed by atoms with Crippen LogP contribution in [0.2, 0.25) is 0 Å². The number of aromatic nitrogens is 4. The fourth-order valence-corrected chi connectivity index (χ4v) is 2.33. The molecule has 0 aromatic carbocycles. The summed E-state index contributed by atoms with van der Waals surface area (Å²) in [6.45, 7) is 2.11. The summed E-state index contributed by atoms with van der Waals surface area (Å²) in [6.07, 6.45) is 6.34. The quantitative estimate of drug-likeness (QED) is 0.732. The monoisotopic (exact) mass is 267 g/mol. The highest BCUT2D eigenvalue weighted by molar-refractivity contribution is 5.78. The van der Waals surface area contributed by atoms with Gasteiger partial charge in [-0.2, -0.15) is 0 Å². The minimum Gasteiger partial charge on any atom is -0.334 e. The van der Waals surface area contributed by atoms with Crippen molar-refractivity contribution in [3.63, 3.8) is 0 Å². The minimum atomic E-state index is 0.892. The van der Waals surface area contributed by atoms with Gasteiger partial charge in [0.15, 0.2) is 0 Å². The summed E-state index contributed by atoms with van der Waals surface area (Å²) >= 11 is 0. The number of pyridine rings is 2. The second-order valence-electron chi connectivity index (χ2n) is 4.77. The summed E-state index contributed by atoms with van der Waals surface area (Å²) in [4.78, 5) is 15.3. The van der Waals surface area contributed by atoms with Crippen molar-refractivity contribution in [1.29, 1.82) is 0 Å². The molecular formula is C15H17N5. The van der Waals surface area contributed by atoms with E-state index in [0.717, 1.165) is 34.7 Å². The maximum absolute atomic E-state index is 4.49. The molecule has 0 bridgehead atoms. The predicted octanol–water partition coefficient (Wildman–Crippen LogP) is 2.69. The molecule has 0 aliphatic heterocycles. The third-order valence-corrected chi connectivity index (χ3v) is 3.50. The summed E-state index contributed by atoms with van der Waals surface area (Å²) in [5, 5.41) is 0. The molecule has 3 aromatic rings. The Labute approximate surface area is 117 Å².